The quantitative estimate of drug-likeness (QED) is 0.457. The lowest BCUT2D eigenvalue weighted by Crippen LogP contribution is -2.17. The molecule has 1 nitrogen and oxygen atoms in total. The van der Waals surface area contributed by atoms with Crippen molar-refractivity contribution in [3.8, 4) is 0 Å². The second-order valence-corrected chi connectivity index (χ2v) is 3.52. The summed E-state index contributed by atoms with van der Waals surface area (Å²) >= 11 is 2.77. The fraction of sp³-hybridized carbons (Fsp3) is 0.333. The van der Waals surface area contributed by atoms with Gasteiger partial charge in [-0.15, -0.1) is 0 Å². The highest BCUT2D eigenvalue weighted by atomic mass is 79.9. The van der Waals surface area contributed by atoms with Crippen LogP contribution in [0.3, 0.4) is 0 Å². The summed E-state index contributed by atoms with van der Waals surface area (Å²) in [5.74, 6) is -5.34. The van der Waals surface area contributed by atoms with Crippen molar-refractivity contribution in [2.45, 2.75) is 10.4 Å². The molecule has 2 aliphatic rings. The van der Waals surface area contributed by atoms with Crippen LogP contribution in [0.1, 0.15) is 0 Å². The van der Waals surface area contributed by atoms with Gasteiger partial charge in [-0.1, -0.05) is 0 Å². The maximum Gasteiger partial charge on any atom is 0.309 e. The maximum atomic E-state index is 13.0. The minimum Gasteiger partial charge on any atom is -0.308 e. The van der Waals surface area contributed by atoms with E-state index in [1.807, 2.05) is 0 Å². The summed E-state index contributed by atoms with van der Waals surface area (Å²) in [7, 11) is 0. The average molecular weight is 227 g/mol. The molecule has 11 heavy (non-hydrogen) atoms. The molecule has 1 fully saturated rings. The number of hydrogen-bond acceptors (Lipinski definition) is 1. The summed E-state index contributed by atoms with van der Waals surface area (Å²) in [6.45, 7) is 0. The van der Waals surface area contributed by atoms with Crippen LogP contribution in [0.15, 0.2) is 23.8 Å². The minimum absolute atomic E-state index is 0.828. The van der Waals surface area contributed by atoms with Gasteiger partial charge in [0.15, 0.2) is 5.83 Å². The lowest BCUT2D eigenvalue weighted by Gasteiger charge is -2.05. The molecular formula is C6H2BrF3O. The number of epoxide rings is 1. The Hall–Kier alpha value is -0.290. The summed E-state index contributed by atoms with van der Waals surface area (Å²) < 4.78 is 40.7. The highest BCUT2D eigenvalue weighted by Gasteiger charge is 2.75. The SMILES string of the molecule is FC1=C(F)C2(F)OC2(Br)C=C1. The van der Waals surface area contributed by atoms with Crippen LogP contribution >= 0.6 is 15.9 Å². The smallest absolute Gasteiger partial charge is 0.308 e. The van der Waals surface area contributed by atoms with Gasteiger partial charge < -0.3 is 4.74 Å². The lowest BCUT2D eigenvalue weighted by atomic mass is 10.1. The Morgan fingerprint density at radius 2 is 2.09 bits per heavy atom. The maximum absolute atomic E-state index is 13.0. The molecule has 0 radical (unpaired) electrons. The second kappa shape index (κ2) is 1.72. The van der Waals surface area contributed by atoms with Crippen molar-refractivity contribution in [2.75, 3.05) is 0 Å². The van der Waals surface area contributed by atoms with Crippen LogP contribution in [-0.2, 0) is 4.74 Å². The van der Waals surface area contributed by atoms with Crippen LogP contribution in [0.2, 0.25) is 0 Å². The summed E-state index contributed by atoms with van der Waals surface area (Å²) in [6.07, 6.45) is 1.92. The zero-order valence-corrected chi connectivity index (χ0v) is 6.66. The summed E-state index contributed by atoms with van der Waals surface area (Å²) in [5.41, 5.74) is 0. The van der Waals surface area contributed by atoms with E-state index in [1.54, 1.807) is 0 Å². The number of fused-ring (bicyclic) bond motifs is 1. The fourth-order valence-corrected chi connectivity index (χ4v) is 1.45. The highest BCUT2D eigenvalue weighted by molar-refractivity contribution is 9.10. The molecular weight excluding hydrogens is 225 g/mol. The van der Waals surface area contributed by atoms with Gasteiger partial charge in [-0.25, -0.2) is 8.78 Å². The van der Waals surface area contributed by atoms with E-state index < -0.39 is 22.0 Å². The molecule has 1 aliphatic heterocycles. The first-order valence-electron chi connectivity index (χ1n) is 2.82. The first-order chi connectivity index (χ1) is 5.00. The monoisotopic (exact) mass is 226 g/mol. The van der Waals surface area contributed by atoms with E-state index in [9.17, 15) is 13.2 Å². The molecule has 0 aromatic rings. The Labute approximate surface area is 68.7 Å². The van der Waals surface area contributed by atoms with Crippen LogP contribution in [-0.4, -0.2) is 10.4 Å². The van der Waals surface area contributed by atoms with Crippen molar-refractivity contribution in [3.63, 3.8) is 0 Å². The molecule has 2 unspecified atom stereocenters. The van der Waals surface area contributed by atoms with E-state index in [1.165, 1.54) is 0 Å². The van der Waals surface area contributed by atoms with Crippen molar-refractivity contribution in [1.82, 2.24) is 0 Å². The van der Waals surface area contributed by atoms with E-state index in [0.717, 1.165) is 12.2 Å². The van der Waals surface area contributed by atoms with Gasteiger partial charge in [0.25, 0.3) is 0 Å². The van der Waals surface area contributed by atoms with E-state index >= 15 is 0 Å². The van der Waals surface area contributed by atoms with Gasteiger partial charge in [-0.3, -0.25) is 0 Å². The lowest BCUT2D eigenvalue weighted by molar-refractivity contribution is 0.146. The third kappa shape index (κ3) is 0.700. The first-order valence-corrected chi connectivity index (χ1v) is 3.62. The Kier molecular flexibility index (Phi) is 1.15. The first kappa shape index (κ1) is 7.36. The Morgan fingerprint density at radius 1 is 1.45 bits per heavy atom. The molecule has 1 saturated heterocycles. The van der Waals surface area contributed by atoms with Crippen LogP contribution < -0.4 is 0 Å². The number of allylic oxidation sites excluding steroid dienone is 2. The molecule has 5 heteroatoms. The Bertz CT molecular complexity index is 288. The molecule has 0 bridgehead atoms. The fourth-order valence-electron chi connectivity index (χ4n) is 0.922. The number of ether oxygens (including phenoxy) is 1. The zero-order valence-electron chi connectivity index (χ0n) is 5.07. The van der Waals surface area contributed by atoms with E-state index in [-0.39, 0.29) is 0 Å². The molecule has 0 spiro atoms. The third-order valence-corrected chi connectivity index (χ3v) is 2.56. The molecule has 1 aliphatic carbocycles. The second-order valence-electron chi connectivity index (χ2n) is 2.34. The van der Waals surface area contributed by atoms with Gasteiger partial charge in [0, 0.05) is 0 Å². The molecule has 2 rings (SSSR count). The molecule has 60 valence electrons. The van der Waals surface area contributed by atoms with Gasteiger partial charge in [0.05, 0.1) is 0 Å². The molecule has 1 heterocycles. The molecule has 0 aromatic carbocycles. The molecule has 0 N–H and O–H groups in total. The number of rotatable bonds is 0. The largest absolute Gasteiger partial charge is 0.309 e. The van der Waals surface area contributed by atoms with Crippen molar-refractivity contribution in [3.05, 3.63) is 23.8 Å². The number of halogens is 4. The van der Waals surface area contributed by atoms with Crippen LogP contribution in [0.5, 0.6) is 0 Å². The van der Waals surface area contributed by atoms with Gasteiger partial charge in [-0.05, 0) is 28.1 Å². The molecule has 0 aromatic heterocycles. The zero-order chi connectivity index (χ0) is 8.28. The number of alkyl halides is 2. The van der Waals surface area contributed by atoms with Gasteiger partial charge in [0.2, 0.25) is 10.3 Å². The normalized spacial score (nSPS) is 47.6. The molecule has 0 saturated carbocycles. The van der Waals surface area contributed by atoms with Gasteiger partial charge >= 0.3 is 5.85 Å². The number of hydrogen-bond donors (Lipinski definition) is 0. The van der Waals surface area contributed by atoms with E-state index in [4.69, 9.17) is 0 Å². The predicted octanol–water partition coefficient (Wildman–Crippen LogP) is 2.49. The van der Waals surface area contributed by atoms with Gasteiger partial charge in [-0.2, -0.15) is 4.39 Å². The Morgan fingerprint density at radius 3 is 2.64 bits per heavy atom. The van der Waals surface area contributed by atoms with Crippen LogP contribution in [0.25, 0.3) is 0 Å². The third-order valence-electron chi connectivity index (χ3n) is 1.62. The van der Waals surface area contributed by atoms with E-state index in [0.29, 0.717) is 0 Å². The predicted molar refractivity (Wildman–Crippen MR) is 35.0 cm³/mol. The molecule has 2 atom stereocenters. The van der Waals surface area contributed by atoms with Crippen LogP contribution in [0, 0.1) is 0 Å². The molecule has 0 amide bonds. The van der Waals surface area contributed by atoms with Crippen LogP contribution in [0.4, 0.5) is 13.2 Å². The Balaban J connectivity index is 2.49. The highest BCUT2D eigenvalue weighted by Crippen LogP contribution is 2.62. The average Bonchev–Trinajstić information content (AvgIpc) is 2.50. The van der Waals surface area contributed by atoms with Gasteiger partial charge in [0.1, 0.15) is 0 Å². The topological polar surface area (TPSA) is 12.5 Å². The summed E-state index contributed by atoms with van der Waals surface area (Å²) in [6, 6.07) is 0. The van der Waals surface area contributed by atoms with Crippen molar-refractivity contribution in [1.29, 1.82) is 0 Å². The van der Waals surface area contributed by atoms with Crippen molar-refractivity contribution in [2.24, 2.45) is 0 Å². The van der Waals surface area contributed by atoms with E-state index in [2.05, 4.69) is 20.7 Å². The van der Waals surface area contributed by atoms with Crippen molar-refractivity contribution < 1.29 is 17.9 Å². The standard InChI is InChI=1S/C6H2BrF3O/c7-5-2-1-3(8)4(9)6(5,10)11-5/h1-2H. The summed E-state index contributed by atoms with van der Waals surface area (Å²) in [4.78, 5) is 0. The minimum atomic E-state index is -2.62. The summed E-state index contributed by atoms with van der Waals surface area (Å²) in [5, 5.41) is 0. The van der Waals surface area contributed by atoms with Crippen molar-refractivity contribution >= 4 is 15.9 Å².